The zero-order valence-electron chi connectivity index (χ0n) is 16.8. The van der Waals surface area contributed by atoms with Crippen molar-refractivity contribution in [2.75, 3.05) is 57.4 Å². The Hall–Kier alpha value is -2.00. The van der Waals surface area contributed by atoms with Crippen LogP contribution in [0.3, 0.4) is 0 Å². The van der Waals surface area contributed by atoms with E-state index in [0.29, 0.717) is 32.3 Å². The van der Waals surface area contributed by atoms with Gasteiger partial charge in [0.2, 0.25) is 10.0 Å². The van der Waals surface area contributed by atoms with Gasteiger partial charge < -0.3 is 9.64 Å². The highest BCUT2D eigenvalue weighted by atomic mass is 32.2. The van der Waals surface area contributed by atoms with Gasteiger partial charge in [0.15, 0.2) is 0 Å². The van der Waals surface area contributed by atoms with E-state index in [4.69, 9.17) is 4.74 Å². The minimum absolute atomic E-state index is 0.250. The fourth-order valence-electron chi connectivity index (χ4n) is 3.93. The van der Waals surface area contributed by atoms with Gasteiger partial charge in [0, 0.05) is 51.5 Å². The maximum Gasteiger partial charge on any atom is 0.244 e. The fourth-order valence-corrected chi connectivity index (χ4v) is 5.28. The maximum absolute atomic E-state index is 12.7. The molecular formula is C21H28N4O3S. The Balaban J connectivity index is 1.38. The highest BCUT2D eigenvalue weighted by molar-refractivity contribution is 7.89. The molecule has 1 aromatic carbocycles. The number of hydrogen-bond acceptors (Lipinski definition) is 6. The van der Waals surface area contributed by atoms with E-state index in [1.807, 2.05) is 12.1 Å². The van der Waals surface area contributed by atoms with Crippen LogP contribution in [0.25, 0.3) is 0 Å². The van der Waals surface area contributed by atoms with Gasteiger partial charge in [-0.15, -0.1) is 0 Å². The number of nitrogens with zero attached hydrogens (tertiary/aromatic N) is 4. The molecule has 4 rings (SSSR count). The number of benzene rings is 1. The van der Waals surface area contributed by atoms with Gasteiger partial charge in [0.1, 0.15) is 10.7 Å². The molecule has 0 spiro atoms. The van der Waals surface area contributed by atoms with Crippen molar-refractivity contribution in [3.8, 4) is 0 Å². The summed E-state index contributed by atoms with van der Waals surface area (Å²) in [6.07, 6.45) is 1.49. The van der Waals surface area contributed by atoms with Gasteiger partial charge >= 0.3 is 0 Å². The van der Waals surface area contributed by atoms with E-state index >= 15 is 0 Å². The number of aromatic nitrogens is 1. The average molecular weight is 417 g/mol. The van der Waals surface area contributed by atoms with Crippen molar-refractivity contribution in [2.24, 2.45) is 0 Å². The minimum atomic E-state index is -3.50. The lowest BCUT2D eigenvalue weighted by Crippen LogP contribution is -2.47. The molecule has 1 atom stereocenters. The molecule has 29 heavy (non-hydrogen) atoms. The third-order valence-corrected chi connectivity index (χ3v) is 7.68. The van der Waals surface area contributed by atoms with Crippen LogP contribution in [0.15, 0.2) is 53.6 Å². The lowest BCUT2D eigenvalue weighted by molar-refractivity contribution is 0.0730. The third-order valence-electron chi connectivity index (χ3n) is 5.80. The van der Waals surface area contributed by atoms with Crippen LogP contribution in [-0.2, 0) is 14.8 Å². The Bertz CT molecular complexity index is 891. The molecule has 0 bridgehead atoms. The predicted octanol–water partition coefficient (Wildman–Crippen LogP) is 1.99. The fraction of sp³-hybridized carbons (Fsp3) is 0.476. The number of hydrogen-bond donors (Lipinski definition) is 0. The Morgan fingerprint density at radius 2 is 1.62 bits per heavy atom. The molecule has 3 heterocycles. The molecule has 156 valence electrons. The SMILES string of the molecule is CC(c1ccccc1)N1CCN(c2ccc(S(=O)(=O)N3CCOCC3)cn2)CC1. The molecule has 0 N–H and O–H groups in total. The molecule has 2 aromatic rings. The molecule has 0 aliphatic carbocycles. The molecule has 2 saturated heterocycles. The summed E-state index contributed by atoms with van der Waals surface area (Å²) in [6, 6.07) is 14.4. The third kappa shape index (κ3) is 4.45. The Morgan fingerprint density at radius 3 is 2.24 bits per heavy atom. The van der Waals surface area contributed by atoms with Crippen molar-refractivity contribution in [3.63, 3.8) is 0 Å². The van der Waals surface area contributed by atoms with Crippen molar-refractivity contribution in [1.29, 1.82) is 0 Å². The smallest absolute Gasteiger partial charge is 0.244 e. The van der Waals surface area contributed by atoms with Gasteiger partial charge in [-0.25, -0.2) is 13.4 Å². The lowest BCUT2D eigenvalue weighted by atomic mass is 10.1. The molecule has 1 unspecified atom stereocenters. The Morgan fingerprint density at radius 1 is 0.931 bits per heavy atom. The summed E-state index contributed by atoms with van der Waals surface area (Å²) in [5.74, 6) is 0.831. The number of piperazine rings is 1. The molecule has 2 fully saturated rings. The average Bonchev–Trinajstić information content (AvgIpc) is 2.80. The second-order valence-electron chi connectivity index (χ2n) is 7.48. The molecule has 8 heteroatoms. The number of sulfonamides is 1. The topological polar surface area (TPSA) is 66.0 Å². The summed E-state index contributed by atoms with van der Waals surface area (Å²) in [5.41, 5.74) is 1.33. The first-order valence-electron chi connectivity index (χ1n) is 10.1. The van der Waals surface area contributed by atoms with Crippen molar-refractivity contribution in [1.82, 2.24) is 14.2 Å². The molecule has 0 saturated carbocycles. The highest BCUT2D eigenvalue weighted by Gasteiger charge is 2.27. The van der Waals surface area contributed by atoms with Crippen LogP contribution in [0.4, 0.5) is 5.82 Å². The lowest BCUT2D eigenvalue weighted by Gasteiger charge is -2.38. The second-order valence-corrected chi connectivity index (χ2v) is 9.42. The standard InChI is InChI=1S/C21H28N4O3S/c1-18(19-5-3-2-4-6-19)23-9-11-24(12-10-23)21-8-7-20(17-22-21)29(26,27)25-13-15-28-16-14-25/h2-8,17-18H,9-16H2,1H3. The minimum Gasteiger partial charge on any atom is -0.379 e. The van der Waals surface area contributed by atoms with Crippen LogP contribution in [0.2, 0.25) is 0 Å². The molecule has 0 amide bonds. The molecule has 7 nitrogen and oxygen atoms in total. The van der Waals surface area contributed by atoms with E-state index < -0.39 is 10.0 Å². The molecule has 2 aliphatic heterocycles. The van der Waals surface area contributed by atoms with Crippen LogP contribution >= 0.6 is 0 Å². The van der Waals surface area contributed by atoms with Crippen LogP contribution in [-0.4, -0.2) is 75.1 Å². The van der Waals surface area contributed by atoms with Gasteiger partial charge in [-0.2, -0.15) is 4.31 Å². The second kappa shape index (κ2) is 8.79. The number of ether oxygens (including phenoxy) is 1. The first-order valence-corrected chi connectivity index (χ1v) is 11.6. The monoisotopic (exact) mass is 416 g/mol. The first-order chi connectivity index (χ1) is 14.1. The van der Waals surface area contributed by atoms with E-state index in [0.717, 1.165) is 32.0 Å². The molecule has 2 aliphatic rings. The van der Waals surface area contributed by atoms with E-state index in [9.17, 15) is 8.42 Å². The normalized spacial score (nSPS) is 20.5. The number of anilines is 1. The Labute approximate surface area is 172 Å². The van der Waals surface area contributed by atoms with E-state index in [-0.39, 0.29) is 4.90 Å². The molecule has 1 aromatic heterocycles. The summed E-state index contributed by atoms with van der Waals surface area (Å²) in [7, 11) is -3.50. The van der Waals surface area contributed by atoms with Gasteiger partial charge in [0.05, 0.1) is 13.2 Å². The van der Waals surface area contributed by atoms with E-state index in [1.54, 1.807) is 6.07 Å². The number of rotatable bonds is 5. The highest BCUT2D eigenvalue weighted by Crippen LogP contribution is 2.24. The predicted molar refractivity (Wildman–Crippen MR) is 112 cm³/mol. The van der Waals surface area contributed by atoms with E-state index in [2.05, 4.69) is 46.0 Å². The largest absolute Gasteiger partial charge is 0.379 e. The summed E-state index contributed by atoms with van der Waals surface area (Å²) >= 11 is 0. The van der Waals surface area contributed by atoms with Gasteiger partial charge in [0.25, 0.3) is 0 Å². The molecule has 0 radical (unpaired) electrons. The van der Waals surface area contributed by atoms with Crippen LogP contribution in [0, 0.1) is 0 Å². The summed E-state index contributed by atoms with van der Waals surface area (Å²) in [4.78, 5) is 9.41. The maximum atomic E-state index is 12.7. The first kappa shape index (κ1) is 20.3. The van der Waals surface area contributed by atoms with Crippen molar-refractivity contribution >= 4 is 15.8 Å². The quantitative estimate of drug-likeness (QED) is 0.743. The summed E-state index contributed by atoms with van der Waals surface area (Å²) in [6.45, 7) is 7.56. The van der Waals surface area contributed by atoms with Gasteiger partial charge in [-0.3, -0.25) is 4.90 Å². The Kier molecular flexibility index (Phi) is 6.15. The van der Waals surface area contributed by atoms with Gasteiger partial charge in [-0.05, 0) is 24.6 Å². The van der Waals surface area contributed by atoms with Crippen molar-refractivity contribution < 1.29 is 13.2 Å². The van der Waals surface area contributed by atoms with E-state index in [1.165, 1.54) is 16.1 Å². The van der Waals surface area contributed by atoms with Crippen molar-refractivity contribution in [2.45, 2.75) is 17.9 Å². The number of pyridine rings is 1. The van der Waals surface area contributed by atoms with Crippen LogP contribution in [0.5, 0.6) is 0 Å². The van der Waals surface area contributed by atoms with Gasteiger partial charge in [-0.1, -0.05) is 30.3 Å². The summed E-state index contributed by atoms with van der Waals surface area (Å²) in [5, 5.41) is 0. The van der Waals surface area contributed by atoms with Crippen LogP contribution in [0.1, 0.15) is 18.5 Å². The number of morpholine rings is 1. The zero-order valence-corrected chi connectivity index (χ0v) is 17.6. The van der Waals surface area contributed by atoms with Crippen LogP contribution < -0.4 is 4.90 Å². The van der Waals surface area contributed by atoms with Crippen molar-refractivity contribution in [3.05, 3.63) is 54.2 Å². The molecular weight excluding hydrogens is 388 g/mol. The zero-order chi connectivity index (χ0) is 20.3. The summed E-state index contributed by atoms with van der Waals surface area (Å²) < 4.78 is 32.2.